The third-order valence-electron chi connectivity index (χ3n) is 26.9. The SMILES string of the molecule is c1cc(-c2ccc3c(ccc4cc(-c5ccc6c7ccccc7n(-c7ccccc7-c7ccc(N(c8ccc(-c9ccc%10c(ccc%11ccccc%11%10)c9)cc8)c8cccc(-c9cccc%10oc%11ccccc%11c9%10)c8)cc7)c6c5)ccc43)c2)cc(N(c2ccc(-c3ccccc3-n3c4ccccc4c4ccccc43)cc2)c2cccc(-c3cccc4oc5ccccc5c34)c2)c1. The van der Waals surface area contributed by atoms with Crippen LogP contribution in [0.15, 0.2) is 482 Å². The number of benzene rings is 22. The second-order valence-corrected chi connectivity index (χ2v) is 34.2. The molecule has 26 aromatic rings. The molecule has 4 aromatic heterocycles. The van der Waals surface area contributed by atoms with E-state index in [9.17, 15) is 0 Å². The predicted octanol–water partition coefficient (Wildman–Crippen LogP) is 34.9. The van der Waals surface area contributed by atoms with E-state index in [0.717, 1.165) is 173 Å². The molecule has 0 saturated carbocycles. The lowest BCUT2D eigenvalue weighted by molar-refractivity contribution is 0.668. The highest BCUT2D eigenvalue weighted by atomic mass is 16.3. The minimum atomic E-state index is 0.871. The third kappa shape index (κ3) is 12.3. The molecule has 4 heterocycles. The van der Waals surface area contributed by atoms with E-state index in [2.05, 4.69) is 480 Å². The van der Waals surface area contributed by atoms with Crippen molar-refractivity contribution in [3.05, 3.63) is 473 Å². The van der Waals surface area contributed by atoms with Gasteiger partial charge in [-0.25, -0.2) is 0 Å². The first kappa shape index (κ1) is 74.1. The quantitative estimate of drug-likeness (QED) is 0.0960. The van der Waals surface area contributed by atoms with Crippen molar-refractivity contribution >= 4 is 165 Å². The first-order chi connectivity index (χ1) is 64.4. The van der Waals surface area contributed by atoms with Crippen LogP contribution in [0.3, 0.4) is 0 Å². The van der Waals surface area contributed by atoms with E-state index in [1.807, 2.05) is 12.1 Å². The maximum absolute atomic E-state index is 6.46. The molecule has 606 valence electrons. The first-order valence-electron chi connectivity index (χ1n) is 44.6. The van der Waals surface area contributed by atoms with Crippen LogP contribution in [0.4, 0.5) is 34.1 Å². The van der Waals surface area contributed by atoms with Crippen LogP contribution in [-0.4, -0.2) is 9.13 Å². The highest BCUT2D eigenvalue weighted by Gasteiger charge is 2.25. The van der Waals surface area contributed by atoms with Crippen LogP contribution >= 0.6 is 0 Å². The highest BCUT2D eigenvalue weighted by molar-refractivity contribution is 6.17. The molecule has 0 amide bonds. The Bertz CT molecular complexity index is 9020. The molecule has 130 heavy (non-hydrogen) atoms. The Balaban J connectivity index is 0.530. The van der Waals surface area contributed by atoms with Gasteiger partial charge >= 0.3 is 0 Å². The molecule has 22 aromatic carbocycles. The summed E-state index contributed by atoms with van der Waals surface area (Å²) in [7, 11) is 0. The van der Waals surface area contributed by atoms with Crippen molar-refractivity contribution in [2.75, 3.05) is 9.80 Å². The zero-order valence-corrected chi connectivity index (χ0v) is 70.6. The average molecular weight is 1660 g/mol. The van der Waals surface area contributed by atoms with Gasteiger partial charge in [0, 0.05) is 88.3 Å². The van der Waals surface area contributed by atoms with Crippen molar-refractivity contribution in [1.82, 2.24) is 9.13 Å². The van der Waals surface area contributed by atoms with Gasteiger partial charge in [-0.15, -0.1) is 0 Å². The third-order valence-corrected chi connectivity index (χ3v) is 26.9. The van der Waals surface area contributed by atoms with Crippen LogP contribution in [0, 0.1) is 0 Å². The molecule has 0 aliphatic carbocycles. The van der Waals surface area contributed by atoms with Gasteiger partial charge in [-0.2, -0.15) is 0 Å². The van der Waals surface area contributed by atoms with Crippen molar-refractivity contribution in [3.63, 3.8) is 0 Å². The smallest absolute Gasteiger partial charge is 0.136 e. The first-order valence-corrected chi connectivity index (χ1v) is 44.6. The average Bonchev–Trinajstić information content (AvgIpc) is 1.40. The molecule has 0 bridgehead atoms. The monoisotopic (exact) mass is 1650 g/mol. The number of nitrogens with zero attached hydrogens (tertiary/aromatic N) is 4. The van der Waals surface area contributed by atoms with Crippen LogP contribution < -0.4 is 9.80 Å². The normalized spacial score (nSPS) is 11.8. The molecule has 0 saturated heterocycles. The lowest BCUT2D eigenvalue weighted by Crippen LogP contribution is -2.10. The van der Waals surface area contributed by atoms with Crippen molar-refractivity contribution in [2.45, 2.75) is 0 Å². The Hall–Kier alpha value is -17.3. The molecule has 0 spiro atoms. The fourth-order valence-electron chi connectivity index (χ4n) is 20.8. The summed E-state index contributed by atoms with van der Waals surface area (Å²) in [6.07, 6.45) is 0. The molecule has 0 atom stereocenters. The van der Waals surface area contributed by atoms with Gasteiger partial charge < -0.3 is 27.8 Å². The lowest BCUT2D eigenvalue weighted by atomic mass is 9.94. The number of hydrogen-bond acceptors (Lipinski definition) is 4. The van der Waals surface area contributed by atoms with Crippen molar-refractivity contribution in [3.8, 4) is 89.3 Å². The minimum Gasteiger partial charge on any atom is -0.456 e. The van der Waals surface area contributed by atoms with Crippen LogP contribution in [-0.2, 0) is 0 Å². The topological polar surface area (TPSA) is 42.6 Å². The van der Waals surface area contributed by atoms with Gasteiger partial charge in [0.15, 0.2) is 0 Å². The van der Waals surface area contributed by atoms with E-state index >= 15 is 0 Å². The standard InChI is InChI=1S/C124H78N4O2/c1-2-29-99-80(22-1)48-49-90-72-84(58-68-100(90)99)79-52-62-93(63-53-79)125(97-27-18-24-88(76-97)105-37-20-46-121-123(105)111-35-8-15-44-119(111)129-121)94-64-54-82(55-65-94)104-31-4-11-40-114(104)128-117-43-14-7-34-109(117)110-71-61-87(78-118(110)128)86-60-70-102-92(74-86)51-50-91-73-85(59-69-101(91)102)83-23-17-26-96(75-83)126(98-28-19-25-89(77-98)106-38-21-47-122-124(106)112-36-9-16-45-120(112)130-122)95-66-56-81(57-67-95)103-30-3-10-39-113(103)127-115-41-12-5-32-107(115)108-33-6-13-42-116(108)127/h1-78H. The van der Waals surface area contributed by atoms with Gasteiger partial charge in [0.25, 0.3) is 0 Å². The summed E-state index contributed by atoms with van der Waals surface area (Å²) < 4.78 is 17.8. The summed E-state index contributed by atoms with van der Waals surface area (Å²) in [6, 6.07) is 173. The molecule has 0 aliphatic heterocycles. The van der Waals surface area contributed by atoms with E-state index in [1.54, 1.807) is 0 Å². The van der Waals surface area contributed by atoms with Crippen LogP contribution in [0.1, 0.15) is 0 Å². The number of rotatable bonds is 15. The van der Waals surface area contributed by atoms with E-state index in [1.165, 1.54) is 81.2 Å². The molecule has 0 fully saturated rings. The molecule has 0 unspecified atom stereocenters. The molecule has 0 radical (unpaired) electrons. The van der Waals surface area contributed by atoms with Gasteiger partial charge in [-0.3, -0.25) is 0 Å². The van der Waals surface area contributed by atoms with E-state index < -0.39 is 0 Å². The maximum Gasteiger partial charge on any atom is 0.136 e. The Kier molecular flexibility index (Phi) is 17.2. The Labute approximate surface area is 749 Å². The van der Waals surface area contributed by atoms with E-state index in [0.29, 0.717) is 0 Å². The summed E-state index contributed by atoms with van der Waals surface area (Å²) in [5.41, 5.74) is 32.5. The van der Waals surface area contributed by atoms with Gasteiger partial charge in [0.2, 0.25) is 0 Å². The maximum atomic E-state index is 6.46. The second kappa shape index (κ2) is 30.2. The van der Waals surface area contributed by atoms with Gasteiger partial charge in [-0.05, 0) is 262 Å². The zero-order valence-electron chi connectivity index (χ0n) is 70.6. The Morgan fingerprint density at radius 3 is 0.931 bits per heavy atom. The summed E-state index contributed by atoms with van der Waals surface area (Å²) in [6.45, 7) is 0. The van der Waals surface area contributed by atoms with Crippen LogP contribution in [0.5, 0.6) is 0 Å². The van der Waals surface area contributed by atoms with Crippen molar-refractivity contribution in [1.29, 1.82) is 0 Å². The summed E-state index contributed by atoms with van der Waals surface area (Å²) in [4.78, 5) is 4.79. The summed E-state index contributed by atoms with van der Waals surface area (Å²) in [5, 5.41) is 19.1. The summed E-state index contributed by atoms with van der Waals surface area (Å²) in [5.74, 6) is 0. The molecule has 26 rings (SSSR count). The minimum absolute atomic E-state index is 0.871. The fourth-order valence-corrected chi connectivity index (χ4v) is 20.8. The Morgan fingerprint density at radius 1 is 0.154 bits per heavy atom. The zero-order chi connectivity index (χ0) is 85.4. The number of para-hydroxylation sites is 7. The number of aromatic nitrogens is 2. The second-order valence-electron chi connectivity index (χ2n) is 34.2. The number of hydrogen-bond donors (Lipinski definition) is 0. The Morgan fingerprint density at radius 2 is 0.454 bits per heavy atom. The molecule has 6 nitrogen and oxygen atoms in total. The molecular formula is C124H78N4O2. The predicted molar refractivity (Wildman–Crippen MR) is 547 cm³/mol. The van der Waals surface area contributed by atoms with Crippen LogP contribution in [0.2, 0.25) is 0 Å². The van der Waals surface area contributed by atoms with Gasteiger partial charge in [0.05, 0.1) is 33.4 Å². The van der Waals surface area contributed by atoms with Gasteiger partial charge in [-0.1, -0.05) is 322 Å². The molecule has 0 aliphatic rings. The van der Waals surface area contributed by atoms with E-state index in [-0.39, 0.29) is 0 Å². The number of anilines is 6. The molecule has 0 N–H and O–H groups in total. The van der Waals surface area contributed by atoms with Crippen molar-refractivity contribution in [2.24, 2.45) is 0 Å². The number of fused-ring (bicyclic) bond motifs is 18. The van der Waals surface area contributed by atoms with Crippen LogP contribution in [0.25, 0.3) is 220 Å². The van der Waals surface area contributed by atoms with Gasteiger partial charge in [0.1, 0.15) is 22.3 Å². The molecular weight excluding hydrogens is 1580 g/mol. The summed E-state index contributed by atoms with van der Waals surface area (Å²) >= 11 is 0. The largest absolute Gasteiger partial charge is 0.456 e. The highest BCUT2D eigenvalue weighted by Crippen LogP contribution is 2.49. The van der Waals surface area contributed by atoms with E-state index in [4.69, 9.17) is 8.83 Å². The lowest BCUT2D eigenvalue weighted by Gasteiger charge is -2.27. The van der Waals surface area contributed by atoms with Crippen molar-refractivity contribution < 1.29 is 8.83 Å². The number of furan rings is 2. The molecule has 6 heteroatoms. The fraction of sp³-hybridized carbons (Fsp3) is 0.